The Morgan fingerprint density at radius 3 is 2.52 bits per heavy atom. The number of anilines is 1. The van der Waals surface area contributed by atoms with Crippen molar-refractivity contribution in [1.82, 2.24) is 14.3 Å². The fourth-order valence-corrected chi connectivity index (χ4v) is 5.18. The summed E-state index contributed by atoms with van der Waals surface area (Å²) in [6.45, 7) is 1.85. The second-order valence-corrected chi connectivity index (χ2v) is 10.5. The lowest BCUT2D eigenvalue weighted by Gasteiger charge is -2.26. The summed E-state index contributed by atoms with van der Waals surface area (Å²) in [5, 5.41) is 2.70. The molecule has 1 aliphatic heterocycles. The fraction of sp³-hybridized carbons (Fsp3) is 0.364. The van der Waals surface area contributed by atoms with Crippen molar-refractivity contribution in [2.24, 2.45) is 5.92 Å². The first-order valence-electron chi connectivity index (χ1n) is 10.3. The van der Waals surface area contributed by atoms with Gasteiger partial charge in [0.25, 0.3) is 0 Å². The van der Waals surface area contributed by atoms with Crippen LogP contribution >= 0.6 is 0 Å². The van der Waals surface area contributed by atoms with Crippen molar-refractivity contribution in [2.45, 2.75) is 19.1 Å². The molecule has 1 aliphatic carbocycles. The van der Waals surface area contributed by atoms with E-state index in [1.54, 1.807) is 6.20 Å². The molecule has 1 unspecified atom stereocenters. The molecule has 3 aromatic rings. The smallest absolute Gasteiger partial charge is 0.231 e. The van der Waals surface area contributed by atoms with Crippen molar-refractivity contribution < 1.29 is 17.6 Å². The number of pyridine rings is 1. The Morgan fingerprint density at radius 2 is 1.84 bits per heavy atom. The fourth-order valence-electron chi connectivity index (χ4n) is 3.91. The van der Waals surface area contributed by atoms with Crippen molar-refractivity contribution in [3.63, 3.8) is 0 Å². The number of sulfone groups is 1. The van der Waals surface area contributed by atoms with Gasteiger partial charge in [-0.3, -0.25) is 14.1 Å². The van der Waals surface area contributed by atoms with E-state index in [-0.39, 0.29) is 23.8 Å². The number of nitrogens with one attached hydrogen (secondary N) is 1. The molecule has 1 saturated heterocycles. The van der Waals surface area contributed by atoms with Crippen LogP contribution in [0.5, 0.6) is 0 Å². The number of hydrogen-bond acceptors (Lipinski definition) is 5. The third-order valence-corrected chi connectivity index (χ3v) is 7.49. The maximum atomic E-state index is 13.1. The third kappa shape index (κ3) is 4.33. The van der Waals surface area contributed by atoms with E-state index in [1.807, 2.05) is 46.9 Å². The largest absolute Gasteiger partial charge is 0.309 e. The number of imidazole rings is 1. The summed E-state index contributed by atoms with van der Waals surface area (Å²) < 4.78 is 38.2. The summed E-state index contributed by atoms with van der Waals surface area (Å²) in [6, 6.07) is 13.9. The highest BCUT2D eigenvalue weighted by Gasteiger charge is 2.43. The van der Waals surface area contributed by atoms with Gasteiger partial charge >= 0.3 is 0 Å². The van der Waals surface area contributed by atoms with E-state index < -0.39 is 21.9 Å². The van der Waals surface area contributed by atoms with Gasteiger partial charge in [-0.1, -0.05) is 30.3 Å². The average Bonchev–Trinajstić information content (AvgIpc) is 3.34. The molecule has 31 heavy (non-hydrogen) atoms. The second-order valence-electron chi connectivity index (χ2n) is 8.24. The minimum absolute atomic E-state index is 0.222. The van der Waals surface area contributed by atoms with Crippen LogP contribution < -0.4 is 5.32 Å². The summed E-state index contributed by atoms with van der Waals surface area (Å²) >= 11 is 0. The summed E-state index contributed by atoms with van der Waals surface area (Å²) in [6.07, 6.45) is 0.991. The summed E-state index contributed by atoms with van der Waals surface area (Å²) in [4.78, 5) is 18.6. The normalized spacial score (nSPS) is 23.0. The van der Waals surface area contributed by atoms with E-state index in [0.29, 0.717) is 24.6 Å². The number of carbonyl (C=O) groups is 1. The maximum absolute atomic E-state index is 13.1. The van der Waals surface area contributed by atoms with Gasteiger partial charge in [-0.2, -0.15) is 0 Å². The molecule has 0 spiro atoms. The zero-order chi connectivity index (χ0) is 21.6. The molecule has 5 rings (SSSR count). The van der Waals surface area contributed by atoms with Gasteiger partial charge in [-0.15, -0.1) is 0 Å². The molecule has 1 N–H and O–H groups in total. The van der Waals surface area contributed by atoms with Crippen molar-refractivity contribution in [2.75, 3.05) is 29.9 Å². The molecule has 2 atom stereocenters. The number of aromatic nitrogens is 2. The van der Waals surface area contributed by atoms with Gasteiger partial charge in [0.2, 0.25) is 5.91 Å². The van der Waals surface area contributed by atoms with Crippen LogP contribution in [0.25, 0.3) is 16.9 Å². The van der Waals surface area contributed by atoms with Crippen LogP contribution in [0, 0.1) is 5.92 Å². The Kier molecular flexibility index (Phi) is 5.02. The van der Waals surface area contributed by atoms with Gasteiger partial charge in [0.15, 0.2) is 15.7 Å². The standard InChI is InChI=1S/C22H23FN4O3S/c23-18-12-17(18)22(28)25-20-14-27-19(2-1-3-21(27)24-20)16-6-4-15(5-7-16)13-26-8-10-31(29,30)11-9-26/h1-7,14,17-18H,8-13H2,(H,25,28)/t17?,18-/m1/s1. The Bertz CT molecular complexity index is 1230. The number of benzene rings is 1. The molecule has 162 valence electrons. The predicted molar refractivity (Wildman–Crippen MR) is 116 cm³/mol. The van der Waals surface area contributed by atoms with E-state index in [0.717, 1.165) is 23.4 Å². The molecule has 9 heteroatoms. The summed E-state index contributed by atoms with van der Waals surface area (Å²) in [7, 11) is -2.88. The zero-order valence-electron chi connectivity index (χ0n) is 16.9. The second kappa shape index (κ2) is 7.72. The van der Waals surface area contributed by atoms with Crippen LogP contribution in [0.3, 0.4) is 0 Å². The quantitative estimate of drug-likeness (QED) is 0.657. The molecule has 0 bridgehead atoms. The van der Waals surface area contributed by atoms with Gasteiger partial charge in [0, 0.05) is 19.6 Å². The first kappa shape index (κ1) is 20.1. The van der Waals surface area contributed by atoms with Crippen molar-refractivity contribution >= 4 is 27.2 Å². The number of alkyl halides is 1. The minimum Gasteiger partial charge on any atom is -0.309 e. The average molecular weight is 443 g/mol. The molecular weight excluding hydrogens is 419 g/mol. The number of rotatable bonds is 5. The Hall–Kier alpha value is -2.78. The molecule has 2 aromatic heterocycles. The molecule has 2 fully saturated rings. The van der Waals surface area contributed by atoms with E-state index >= 15 is 0 Å². The van der Waals surface area contributed by atoms with E-state index in [9.17, 15) is 17.6 Å². The number of amides is 1. The number of halogens is 1. The van der Waals surface area contributed by atoms with Gasteiger partial charge < -0.3 is 5.32 Å². The van der Waals surface area contributed by atoms with Crippen LogP contribution in [0.1, 0.15) is 12.0 Å². The number of nitrogens with zero attached hydrogens (tertiary/aromatic N) is 3. The molecule has 1 aromatic carbocycles. The van der Waals surface area contributed by atoms with Crippen LogP contribution in [-0.4, -0.2) is 59.4 Å². The van der Waals surface area contributed by atoms with Crippen LogP contribution in [0.4, 0.5) is 10.2 Å². The van der Waals surface area contributed by atoms with Gasteiger partial charge in [0.1, 0.15) is 11.8 Å². The van der Waals surface area contributed by atoms with E-state index in [1.165, 1.54) is 0 Å². The number of fused-ring (bicyclic) bond motifs is 1. The minimum atomic E-state index is -2.88. The predicted octanol–water partition coefficient (Wildman–Crippen LogP) is 2.53. The lowest BCUT2D eigenvalue weighted by Crippen LogP contribution is -2.39. The first-order valence-corrected chi connectivity index (χ1v) is 12.2. The first-order chi connectivity index (χ1) is 14.9. The third-order valence-electron chi connectivity index (χ3n) is 5.89. The number of hydrogen-bond donors (Lipinski definition) is 1. The lowest BCUT2D eigenvalue weighted by atomic mass is 10.1. The maximum Gasteiger partial charge on any atom is 0.231 e. The Morgan fingerprint density at radius 1 is 1.13 bits per heavy atom. The monoisotopic (exact) mass is 442 g/mol. The topological polar surface area (TPSA) is 83.8 Å². The Balaban J connectivity index is 1.32. The lowest BCUT2D eigenvalue weighted by molar-refractivity contribution is -0.117. The highest BCUT2D eigenvalue weighted by molar-refractivity contribution is 7.91. The molecule has 7 nitrogen and oxygen atoms in total. The van der Waals surface area contributed by atoms with Gasteiger partial charge in [-0.25, -0.2) is 17.8 Å². The highest BCUT2D eigenvalue weighted by Crippen LogP contribution is 2.34. The Labute approximate surface area is 179 Å². The molecule has 1 amide bonds. The van der Waals surface area contributed by atoms with E-state index in [4.69, 9.17) is 0 Å². The molecule has 0 radical (unpaired) electrons. The SMILES string of the molecule is O=C(Nc1cn2c(-c3ccc(CN4CCS(=O)(=O)CC4)cc3)cccc2n1)C1C[C@H]1F. The summed E-state index contributed by atoms with van der Waals surface area (Å²) in [5.74, 6) is -0.0316. The molecular formula is C22H23FN4O3S. The van der Waals surface area contributed by atoms with Crippen molar-refractivity contribution in [3.8, 4) is 11.3 Å². The van der Waals surface area contributed by atoms with Crippen LogP contribution in [-0.2, 0) is 21.2 Å². The number of carbonyl (C=O) groups excluding carboxylic acids is 1. The van der Waals surface area contributed by atoms with Gasteiger partial charge in [-0.05, 0) is 29.7 Å². The van der Waals surface area contributed by atoms with Crippen molar-refractivity contribution in [1.29, 1.82) is 0 Å². The molecule has 1 saturated carbocycles. The van der Waals surface area contributed by atoms with Gasteiger partial charge in [0.05, 0.1) is 29.3 Å². The summed E-state index contributed by atoms with van der Waals surface area (Å²) in [5.41, 5.74) is 3.74. The highest BCUT2D eigenvalue weighted by atomic mass is 32.2. The molecule has 2 aliphatic rings. The van der Waals surface area contributed by atoms with Crippen molar-refractivity contribution in [3.05, 3.63) is 54.2 Å². The van der Waals surface area contributed by atoms with Crippen LogP contribution in [0.15, 0.2) is 48.7 Å². The molecule has 3 heterocycles. The van der Waals surface area contributed by atoms with Crippen LogP contribution in [0.2, 0.25) is 0 Å². The van der Waals surface area contributed by atoms with E-state index in [2.05, 4.69) is 15.2 Å². The zero-order valence-corrected chi connectivity index (χ0v) is 17.7.